The predicted octanol–water partition coefficient (Wildman–Crippen LogP) is 5.39. The van der Waals surface area contributed by atoms with Crippen LogP contribution in [0.5, 0.6) is 11.6 Å². The van der Waals surface area contributed by atoms with E-state index in [0.717, 1.165) is 55.6 Å². The summed E-state index contributed by atoms with van der Waals surface area (Å²) in [6, 6.07) is 11.8. The van der Waals surface area contributed by atoms with Gasteiger partial charge in [0.1, 0.15) is 5.82 Å². The van der Waals surface area contributed by atoms with Crippen LogP contribution in [0.4, 0.5) is 14.6 Å². The van der Waals surface area contributed by atoms with Crippen molar-refractivity contribution in [3.63, 3.8) is 0 Å². The Kier molecular flexibility index (Phi) is 7.14. The number of hydrogen-bond donors (Lipinski definition) is 2. The molecule has 0 atom stereocenters. The molecule has 0 bridgehead atoms. The highest BCUT2D eigenvalue weighted by Crippen LogP contribution is 2.32. The van der Waals surface area contributed by atoms with Crippen molar-refractivity contribution in [1.82, 2.24) is 29.5 Å². The molecule has 0 amide bonds. The molecule has 0 radical (unpaired) electrons. The maximum absolute atomic E-state index is 14.0. The number of ketones is 1. The van der Waals surface area contributed by atoms with Gasteiger partial charge in [0.05, 0.1) is 29.3 Å². The van der Waals surface area contributed by atoms with E-state index in [1.54, 1.807) is 6.92 Å². The molecule has 1 fully saturated rings. The number of piperidine rings is 1. The fraction of sp³-hybridized carbons (Fsp3) is 0.303. The number of aromatic nitrogens is 4. The number of benzene rings is 2. The van der Waals surface area contributed by atoms with Gasteiger partial charge in [-0.15, -0.1) is 0 Å². The molecular formula is C33H33F2N7O2. The van der Waals surface area contributed by atoms with Gasteiger partial charge in [-0.25, -0.2) is 18.4 Å². The lowest BCUT2D eigenvalue weighted by atomic mass is 9.93. The zero-order chi connectivity index (χ0) is 30.5. The van der Waals surface area contributed by atoms with Gasteiger partial charge in [-0.3, -0.25) is 9.69 Å². The molecular weight excluding hydrogens is 564 g/mol. The van der Waals surface area contributed by atoms with Gasteiger partial charge in [0, 0.05) is 36.1 Å². The van der Waals surface area contributed by atoms with Gasteiger partial charge in [0.25, 0.3) is 0 Å². The normalized spacial score (nSPS) is 16.4. The lowest BCUT2D eigenvalue weighted by Gasteiger charge is -2.40. The van der Waals surface area contributed by atoms with Gasteiger partial charge in [-0.1, -0.05) is 12.1 Å². The molecule has 1 saturated heterocycles. The van der Waals surface area contributed by atoms with Gasteiger partial charge < -0.3 is 20.4 Å². The number of nitrogens with one attached hydrogen (secondary N) is 1. The molecule has 11 heteroatoms. The van der Waals surface area contributed by atoms with Crippen molar-refractivity contribution in [1.29, 1.82) is 0 Å². The van der Waals surface area contributed by atoms with E-state index in [-0.39, 0.29) is 23.0 Å². The van der Waals surface area contributed by atoms with Crippen molar-refractivity contribution >= 4 is 22.5 Å². The number of pyridine rings is 1. The summed E-state index contributed by atoms with van der Waals surface area (Å²) in [6.45, 7) is 5.99. The van der Waals surface area contributed by atoms with Crippen LogP contribution in [0.3, 0.4) is 0 Å². The van der Waals surface area contributed by atoms with Gasteiger partial charge in [-0.2, -0.15) is 5.10 Å². The molecule has 9 nitrogen and oxygen atoms in total. The molecule has 5 aromatic rings. The summed E-state index contributed by atoms with van der Waals surface area (Å²) in [5.41, 5.74) is 11.8. The van der Waals surface area contributed by atoms with Crippen LogP contribution in [0, 0.1) is 18.6 Å². The van der Waals surface area contributed by atoms with Crippen LogP contribution in [-0.2, 0) is 13.0 Å². The molecule has 2 aliphatic rings. The summed E-state index contributed by atoms with van der Waals surface area (Å²) in [7, 11) is 2.19. The summed E-state index contributed by atoms with van der Waals surface area (Å²) in [5, 5.41) is 5.44. The summed E-state index contributed by atoms with van der Waals surface area (Å²) in [6.07, 6.45) is 6.22. The molecule has 0 unspecified atom stereocenters. The fourth-order valence-corrected chi connectivity index (χ4v) is 6.45. The number of rotatable bonds is 6. The van der Waals surface area contributed by atoms with Crippen LogP contribution in [0.15, 0.2) is 54.9 Å². The van der Waals surface area contributed by atoms with Crippen molar-refractivity contribution < 1.29 is 18.3 Å². The first kappa shape index (κ1) is 28.2. The van der Waals surface area contributed by atoms with E-state index in [1.165, 1.54) is 53.2 Å². The van der Waals surface area contributed by atoms with E-state index in [9.17, 15) is 13.6 Å². The largest absolute Gasteiger partial charge is 0.433 e. The van der Waals surface area contributed by atoms with E-state index in [1.807, 2.05) is 6.07 Å². The Balaban J connectivity index is 1.12. The first-order valence-corrected chi connectivity index (χ1v) is 14.8. The number of hydrogen-bond acceptors (Lipinski definition) is 7. The molecule has 7 rings (SSSR count). The molecule has 0 aliphatic carbocycles. The third kappa shape index (κ3) is 5.01. The van der Waals surface area contributed by atoms with Crippen LogP contribution in [0.25, 0.3) is 16.6 Å². The molecule has 0 spiro atoms. The monoisotopic (exact) mass is 597 g/mol. The predicted molar refractivity (Wildman–Crippen MR) is 163 cm³/mol. The van der Waals surface area contributed by atoms with Crippen LogP contribution < -0.4 is 10.5 Å². The average molecular weight is 598 g/mol. The van der Waals surface area contributed by atoms with E-state index >= 15 is 0 Å². The van der Waals surface area contributed by atoms with Crippen LogP contribution in [-0.4, -0.2) is 68.1 Å². The van der Waals surface area contributed by atoms with Gasteiger partial charge in [0.2, 0.25) is 17.4 Å². The zero-order valence-electron chi connectivity index (χ0n) is 24.6. The maximum atomic E-state index is 14.0. The van der Waals surface area contributed by atoms with E-state index in [0.29, 0.717) is 23.0 Å². The number of anilines is 1. The Bertz CT molecular complexity index is 1870. The lowest BCUT2D eigenvalue weighted by molar-refractivity contribution is 0.103. The Hall–Kier alpha value is -4.61. The SMILES string of the molecule is Cc1cc(Oc2c(F)cccc2F)ncc1-n1ncc(C(=O)c2cc3c4c(ccc3[nH]2)CN(C2CCN(C)CC2)CC4)c1N. The van der Waals surface area contributed by atoms with Gasteiger partial charge in [-0.05, 0) is 87.3 Å². The molecule has 2 aliphatic heterocycles. The second-order valence-corrected chi connectivity index (χ2v) is 11.7. The number of nitrogen functional groups attached to an aromatic ring is 1. The number of ether oxygens (including phenoxy) is 1. The van der Waals surface area contributed by atoms with E-state index in [2.05, 4.69) is 44.0 Å². The summed E-state index contributed by atoms with van der Waals surface area (Å²) < 4.78 is 34.9. The third-order valence-corrected chi connectivity index (χ3v) is 8.95. The van der Waals surface area contributed by atoms with Crippen molar-refractivity contribution in [3.05, 3.63) is 94.4 Å². The zero-order valence-corrected chi connectivity index (χ0v) is 24.6. The highest BCUT2D eigenvalue weighted by Gasteiger charge is 2.28. The quantitative estimate of drug-likeness (QED) is 0.253. The van der Waals surface area contributed by atoms with Crippen LogP contribution >= 0.6 is 0 Å². The molecule has 3 aromatic heterocycles. The number of para-hydroxylation sites is 1. The number of aryl methyl sites for hydroxylation is 1. The number of likely N-dealkylation sites (tertiary alicyclic amines) is 1. The maximum Gasteiger partial charge on any atom is 0.219 e. The molecule has 44 heavy (non-hydrogen) atoms. The minimum absolute atomic E-state index is 0.00755. The number of aromatic amines is 1. The number of carbonyl (C=O) groups is 1. The third-order valence-electron chi connectivity index (χ3n) is 8.95. The highest BCUT2D eigenvalue weighted by atomic mass is 19.1. The summed E-state index contributed by atoms with van der Waals surface area (Å²) >= 11 is 0. The number of nitrogens with zero attached hydrogens (tertiary/aromatic N) is 5. The second kappa shape index (κ2) is 11.1. The molecule has 2 aromatic carbocycles. The Morgan fingerprint density at radius 3 is 2.59 bits per heavy atom. The molecule has 5 heterocycles. The second-order valence-electron chi connectivity index (χ2n) is 11.7. The number of carbonyl (C=O) groups excluding carboxylic acids is 1. The van der Waals surface area contributed by atoms with Crippen molar-refractivity contribution in [2.45, 2.75) is 38.8 Å². The first-order valence-electron chi connectivity index (χ1n) is 14.8. The average Bonchev–Trinajstić information content (AvgIpc) is 3.63. The van der Waals surface area contributed by atoms with Gasteiger partial charge >= 0.3 is 0 Å². The summed E-state index contributed by atoms with van der Waals surface area (Å²) in [5.74, 6) is -2.30. The molecule has 226 valence electrons. The number of nitrogens with two attached hydrogens (primary N) is 1. The van der Waals surface area contributed by atoms with Crippen LogP contribution in [0.1, 0.15) is 45.6 Å². The molecule has 3 N–H and O–H groups in total. The number of H-pyrrole nitrogens is 1. The van der Waals surface area contributed by atoms with E-state index < -0.39 is 17.4 Å². The fourth-order valence-electron chi connectivity index (χ4n) is 6.45. The smallest absolute Gasteiger partial charge is 0.219 e. The Labute approximate surface area is 253 Å². The summed E-state index contributed by atoms with van der Waals surface area (Å²) in [4.78, 5) is 26.2. The Morgan fingerprint density at radius 1 is 1.07 bits per heavy atom. The first-order chi connectivity index (χ1) is 21.3. The number of halogens is 2. The lowest BCUT2D eigenvalue weighted by Crippen LogP contribution is -2.45. The van der Waals surface area contributed by atoms with Crippen molar-refractivity contribution in [2.75, 3.05) is 32.4 Å². The Morgan fingerprint density at radius 2 is 1.84 bits per heavy atom. The van der Waals surface area contributed by atoms with Crippen molar-refractivity contribution in [3.8, 4) is 17.3 Å². The van der Waals surface area contributed by atoms with Gasteiger partial charge in [0.15, 0.2) is 11.6 Å². The number of fused-ring (bicyclic) bond motifs is 3. The standard InChI is InChI=1S/C33H33F2N7O2/c1-19-14-30(44-32-25(34)4-3-5-26(32)35)37-17-29(19)42-33(36)24(16-38-42)31(43)28-15-23-22-10-13-41(21-8-11-40(2)12-9-21)18-20(22)6-7-27(23)39-28/h3-7,14-17,21,39H,8-13,18,36H2,1-2H3. The van der Waals surface area contributed by atoms with Crippen molar-refractivity contribution in [2.24, 2.45) is 0 Å². The minimum atomic E-state index is -0.833. The molecule has 0 saturated carbocycles. The highest BCUT2D eigenvalue weighted by molar-refractivity contribution is 6.12. The van der Waals surface area contributed by atoms with E-state index in [4.69, 9.17) is 10.5 Å². The minimum Gasteiger partial charge on any atom is -0.433 e. The van der Waals surface area contributed by atoms with Crippen LogP contribution in [0.2, 0.25) is 0 Å². The topological polar surface area (TPSA) is 105 Å².